The van der Waals surface area contributed by atoms with Crippen LogP contribution in [0.3, 0.4) is 0 Å². The zero-order chi connectivity index (χ0) is 13.1. The molecule has 0 fully saturated rings. The molecule has 0 spiro atoms. The first-order valence-corrected chi connectivity index (χ1v) is 5.25. The minimum Gasteiger partial charge on any atom is -0.462 e. The minimum atomic E-state index is -4.34. The lowest BCUT2D eigenvalue weighted by molar-refractivity contribution is -0.218. The molecule has 1 heterocycles. The minimum absolute atomic E-state index is 0.175. The molecule has 98 valence electrons. The highest BCUT2D eigenvalue weighted by Gasteiger charge is 2.37. The van der Waals surface area contributed by atoms with Crippen LogP contribution in [0.4, 0.5) is 13.2 Å². The van der Waals surface area contributed by atoms with E-state index in [-0.39, 0.29) is 6.61 Å². The summed E-state index contributed by atoms with van der Waals surface area (Å²) in [5.74, 6) is 1.12. The topological polar surface area (TPSA) is 34.4 Å². The summed E-state index contributed by atoms with van der Waals surface area (Å²) in [5.41, 5.74) is 0.901. The van der Waals surface area contributed by atoms with Crippen LogP contribution in [0.2, 0.25) is 0 Å². The van der Waals surface area contributed by atoms with Crippen molar-refractivity contribution in [2.45, 2.75) is 39.3 Å². The molecule has 0 aliphatic heterocycles. The number of nitrogens with one attached hydrogen (secondary N) is 1. The third kappa shape index (κ3) is 4.05. The van der Waals surface area contributed by atoms with E-state index >= 15 is 0 Å². The number of hydrogen-bond acceptors (Lipinski definition) is 3. The Balaban J connectivity index is 2.55. The van der Waals surface area contributed by atoms with Crippen molar-refractivity contribution in [3.05, 3.63) is 23.2 Å². The van der Waals surface area contributed by atoms with Gasteiger partial charge in [0.15, 0.2) is 6.10 Å². The number of alkyl halides is 3. The number of aryl methyl sites for hydroxylation is 1. The zero-order valence-corrected chi connectivity index (χ0v) is 10.0. The first-order chi connectivity index (χ1) is 7.84. The molecule has 1 atom stereocenters. The monoisotopic (exact) mass is 251 g/mol. The van der Waals surface area contributed by atoms with E-state index < -0.39 is 12.3 Å². The smallest absolute Gasteiger partial charge is 0.414 e. The van der Waals surface area contributed by atoms with Crippen LogP contribution in [-0.2, 0) is 17.9 Å². The van der Waals surface area contributed by atoms with Crippen molar-refractivity contribution >= 4 is 0 Å². The molecule has 0 saturated carbocycles. The van der Waals surface area contributed by atoms with Crippen molar-refractivity contribution in [2.24, 2.45) is 0 Å². The molecule has 0 saturated heterocycles. The summed E-state index contributed by atoms with van der Waals surface area (Å²) in [6, 6.07) is 1.69. The predicted molar refractivity (Wildman–Crippen MR) is 56.5 cm³/mol. The van der Waals surface area contributed by atoms with Gasteiger partial charge in [-0.15, -0.1) is 0 Å². The fraction of sp³-hybridized carbons (Fsp3) is 0.636. The van der Waals surface area contributed by atoms with Crippen LogP contribution in [-0.4, -0.2) is 19.3 Å². The molecular weight excluding hydrogens is 235 g/mol. The van der Waals surface area contributed by atoms with E-state index in [1.165, 1.54) is 0 Å². The Hall–Kier alpha value is -1.01. The van der Waals surface area contributed by atoms with Crippen molar-refractivity contribution in [2.75, 3.05) is 7.05 Å². The van der Waals surface area contributed by atoms with Crippen molar-refractivity contribution in [1.82, 2.24) is 5.32 Å². The summed E-state index contributed by atoms with van der Waals surface area (Å²) < 4.78 is 46.6. The van der Waals surface area contributed by atoms with Gasteiger partial charge in [-0.1, -0.05) is 0 Å². The number of ether oxygens (including phenoxy) is 1. The standard InChI is InChI=1S/C11H16F3NO2/c1-7-4-9(17-10(7)5-15-3)6-16-8(2)11(12,13)14/h4,8,15H,5-6H2,1-3H3. The quantitative estimate of drug-likeness (QED) is 0.873. The molecule has 0 aliphatic carbocycles. The molecule has 1 aromatic heterocycles. The molecule has 3 nitrogen and oxygen atoms in total. The Morgan fingerprint density at radius 1 is 1.47 bits per heavy atom. The largest absolute Gasteiger partial charge is 0.462 e. The Morgan fingerprint density at radius 3 is 2.65 bits per heavy atom. The molecule has 1 unspecified atom stereocenters. The predicted octanol–water partition coefficient (Wildman–Crippen LogP) is 2.77. The van der Waals surface area contributed by atoms with Crippen LogP contribution in [0.5, 0.6) is 0 Å². The number of hydrogen-bond donors (Lipinski definition) is 1. The summed E-state index contributed by atoms with van der Waals surface area (Å²) >= 11 is 0. The van der Waals surface area contributed by atoms with Crippen LogP contribution in [0.1, 0.15) is 24.0 Å². The van der Waals surface area contributed by atoms with Gasteiger partial charge in [-0.2, -0.15) is 13.2 Å². The fourth-order valence-corrected chi connectivity index (χ4v) is 1.30. The molecule has 0 aromatic carbocycles. The maximum absolute atomic E-state index is 12.2. The molecule has 1 N–H and O–H groups in total. The Labute approximate surface area is 97.9 Å². The van der Waals surface area contributed by atoms with Crippen molar-refractivity contribution in [1.29, 1.82) is 0 Å². The van der Waals surface area contributed by atoms with Crippen LogP contribution in [0.25, 0.3) is 0 Å². The second-order valence-electron chi connectivity index (χ2n) is 3.84. The van der Waals surface area contributed by atoms with Crippen LogP contribution in [0.15, 0.2) is 10.5 Å². The van der Waals surface area contributed by atoms with Crippen molar-refractivity contribution < 1.29 is 22.3 Å². The fourth-order valence-electron chi connectivity index (χ4n) is 1.30. The summed E-state index contributed by atoms with van der Waals surface area (Å²) in [5, 5.41) is 2.91. The molecular formula is C11H16F3NO2. The first kappa shape index (κ1) is 14.1. The van der Waals surface area contributed by atoms with Gasteiger partial charge >= 0.3 is 6.18 Å². The molecule has 0 bridgehead atoms. The van der Waals surface area contributed by atoms with Gasteiger partial charge in [0.2, 0.25) is 0 Å². The van der Waals surface area contributed by atoms with Gasteiger partial charge in [-0.25, -0.2) is 0 Å². The molecule has 17 heavy (non-hydrogen) atoms. The molecule has 0 radical (unpaired) electrons. The van der Waals surface area contributed by atoms with Gasteiger partial charge in [0.1, 0.15) is 18.1 Å². The molecule has 1 aromatic rings. The average Bonchev–Trinajstić information content (AvgIpc) is 2.55. The normalized spacial score (nSPS) is 14.0. The average molecular weight is 251 g/mol. The highest BCUT2D eigenvalue weighted by Crippen LogP contribution is 2.24. The van der Waals surface area contributed by atoms with E-state index in [0.29, 0.717) is 18.1 Å². The van der Waals surface area contributed by atoms with Gasteiger partial charge < -0.3 is 14.5 Å². The van der Waals surface area contributed by atoms with E-state index in [1.807, 2.05) is 6.92 Å². The first-order valence-electron chi connectivity index (χ1n) is 5.25. The number of rotatable bonds is 5. The Bertz CT molecular complexity index is 360. The van der Waals surface area contributed by atoms with Gasteiger partial charge in [0, 0.05) is 0 Å². The van der Waals surface area contributed by atoms with Crippen molar-refractivity contribution in [3.63, 3.8) is 0 Å². The zero-order valence-electron chi connectivity index (χ0n) is 10.0. The van der Waals surface area contributed by atoms with Crippen LogP contribution < -0.4 is 5.32 Å². The van der Waals surface area contributed by atoms with Gasteiger partial charge in [0.05, 0.1) is 6.54 Å². The molecule has 0 amide bonds. The highest BCUT2D eigenvalue weighted by molar-refractivity contribution is 5.19. The third-order valence-electron chi connectivity index (χ3n) is 2.35. The number of halogens is 3. The highest BCUT2D eigenvalue weighted by atomic mass is 19.4. The third-order valence-corrected chi connectivity index (χ3v) is 2.35. The van der Waals surface area contributed by atoms with E-state index in [0.717, 1.165) is 12.5 Å². The summed E-state index contributed by atoms with van der Waals surface area (Å²) in [6.45, 7) is 3.18. The van der Waals surface area contributed by atoms with Gasteiger partial charge in [0.25, 0.3) is 0 Å². The van der Waals surface area contributed by atoms with Crippen molar-refractivity contribution in [3.8, 4) is 0 Å². The second-order valence-corrected chi connectivity index (χ2v) is 3.84. The Kier molecular flexibility index (Phi) is 4.59. The van der Waals surface area contributed by atoms with E-state index in [9.17, 15) is 13.2 Å². The summed E-state index contributed by atoms with van der Waals surface area (Å²) in [4.78, 5) is 0. The summed E-state index contributed by atoms with van der Waals surface area (Å²) in [7, 11) is 1.77. The van der Waals surface area contributed by atoms with E-state index in [2.05, 4.69) is 5.32 Å². The van der Waals surface area contributed by atoms with Gasteiger partial charge in [-0.3, -0.25) is 0 Å². The van der Waals surface area contributed by atoms with Crippen LogP contribution >= 0.6 is 0 Å². The molecule has 0 aliphatic rings. The lowest BCUT2D eigenvalue weighted by Crippen LogP contribution is -2.28. The second kappa shape index (κ2) is 5.55. The lowest BCUT2D eigenvalue weighted by Gasteiger charge is -2.15. The summed E-state index contributed by atoms with van der Waals surface area (Å²) in [6.07, 6.45) is -6.13. The number of furan rings is 1. The Morgan fingerprint density at radius 2 is 2.12 bits per heavy atom. The maximum atomic E-state index is 12.2. The maximum Gasteiger partial charge on any atom is 0.414 e. The SMILES string of the molecule is CNCc1oc(COC(C)C(F)(F)F)cc1C. The van der Waals surface area contributed by atoms with E-state index in [4.69, 9.17) is 9.15 Å². The lowest BCUT2D eigenvalue weighted by atomic mass is 10.2. The van der Waals surface area contributed by atoms with Gasteiger partial charge in [-0.05, 0) is 32.5 Å². The molecule has 1 rings (SSSR count). The molecule has 6 heteroatoms. The van der Waals surface area contributed by atoms with Crippen LogP contribution in [0, 0.1) is 6.92 Å². The van der Waals surface area contributed by atoms with E-state index in [1.54, 1.807) is 13.1 Å².